The molecule has 3 fully saturated rings. The molecule has 8 heteroatoms. The number of sulfonamides is 1. The van der Waals surface area contributed by atoms with Crippen molar-refractivity contribution in [3.05, 3.63) is 35.6 Å². The minimum atomic E-state index is -3.58. The van der Waals surface area contributed by atoms with Gasteiger partial charge in [-0.3, -0.25) is 9.69 Å². The third-order valence-corrected chi connectivity index (χ3v) is 8.57. The first-order valence-electron chi connectivity index (χ1n) is 10.5. The van der Waals surface area contributed by atoms with Crippen molar-refractivity contribution in [2.24, 2.45) is 11.3 Å². The number of halogens is 1. The highest BCUT2D eigenvalue weighted by Crippen LogP contribution is 2.46. The van der Waals surface area contributed by atoms with E-state index < -0.39 is 15.4 Å². The molecule has 29 heavy (non-hydrogen) atoms. The van der Waals surface area contributed by atoms with Crippen LogP contribution in [0.15, 0.2) is 24.3 Å². The van der Waals surface area contributed by atoms with Crippen LogP contribution >= 0.6 is 0 Å². The zero-order valence-corrected chi connectivity index (χ0v) is 18.0. The second-order valence-corrected chi connectivity index (χ2v) is 11.0. The number of amides is 1. The minimum absolute atomic E-state index is 0.0148. The van der Waals surface area contributed by atoms with Crippen molar-refractivity contribution in [3.63, 3.8) is 0 Å². The summed E-state index contributed by atoms with van der Waals surface area (Å²) in [4.78, 5) is 17.8. The molecule has 0 radical (unpaired) electrons. The van der Waals surface area contributed by atoms with E-state index in [1.165, 1.54) is 28.6 Å². The van der Waals surface area contributed by atoms with Gasteiger partial charge in [0, 0.05) is 51.2 Å². The van der Waals surface area contributed by atoms with Crippen LogP contribution in [0.2, 0.25) is 0 Å². The Labute approximate surface area is 172 Å². The SMILES string of the molecule is CC(C)N1C[C@H]2CN(S(=O)(=O)Cc3ccc(F)cc3)C[C@@]2(C(=O)N2CCCC2)C1. The van der Waals surface area contributed by atoms with E-state index in [2.05, 4.69) is 18.7 Å². The molecule has 0 aliphatic carbocycles. The molecule has 1 aromatic rings. The van der Waals surface area contributed by atoms with E-state index in [0.717, 1.165) is 32.5 Å². The van der Waals surface area contributed by atoms with Crippen LogP contribution in [0, 0.1) is 17.2 Å². The topological polar surface area (TPSA) is 60.9 Å². The Kier molecular flexibility index (Phi) is 5.46. The summed E-state index contributed by atoms with van der Waals surface area (Å²) in [7, 11) is -3.58. The van der Waals surface area contributed by atoms with Gasteiger partial charge in [0.15, 0.2) is 0 Å². The first kappa shape index (κ1) is 20.8. The molecule has 0 spiro atoms. The number of hydrogen-bond acceptors (Lipinski definition) is 4. The van der Waals surface area contributed by atoms with Gasteiger partial charge < -0.3 is 4.90 Å². The summed E-state index contributed by atoms with van der Waals surface area (Å²) in [6.45, 7) is 7.80. The molecule has 160 valence electrons. The Morgan fingerprint density at radius 3 is 2.41 bits per heavy atom. The fraction of sp³-hybridized carbons (Fsp3) is 0.667. The predicted octanol–water partition coefficient (Wildman–Crippen LogP) is 1.92. The number of benzene rings is 1. The lowest BCUT2D eigenvalue weighted by Crippen LogP contribution is -2.49. The summed E-state index contributed by atoms with van der Waals surface area (Å²) in [5, 5.41) is 0. The van der Waals surface area contributed by atoms with Crippen molar-refractivity contribution in [2.75, 3.05) is 39.3 Å². The normalized spacial score (nSPS) is 28.4. The standard InChI is InChI=1S/C21H30FN3O3S/c1-16(2)24-11-18-12-25(29(27,28)13-17-5-7-19(22)8-6-17)15-21(18,14-24)20(26)23-9-3-4-10-23/h5-8,16,18H,3-4,9-15H2,1-2H3/t18-,21-/m0/s1. The monoisotopic (exact) mass is 423 g/mol. The van der Waals surface area contributed by atoms with E-state index in [0.29, 0.717) is 24.7 Å². The number of likely N-dealkylation sites (tertiary alicyclic amines) is 2. The fourth-order valence-electron chi connectivity index (χ4n) is 5.08. The molecule has 0 aromatic heterocycles. The largest absolute Gasteiger partial charge is 0.342 e. The lowest BCUT2D eigenvalue weighted by Gasteiger charge is -2.33. The number of carbonyl (C=O) groups excluding carboxylic acids is 1. The Hall–Kier alpha value is -1.51. The van der Waals surface area contributed by atoms with E-state index in [9.17, 15) is 17.6 Å². The van der Waals surface area contributed by atoms with Crippen LogP contribution in [0.4, 0.5) is 4.39 Å². The van der Waals surface area contributed by atoms with E-state index >= 15 is 0 Å². The molecule has 3 saturated heterocycles. The van der Waals surface area contributed by atoms with Gasteiger partial charge in [0.25, 0.3) is 0 Å². The maximum absolute atomic E-state index is 13.5. The summed E-state index contributed by atoms with van der Waals surface area (Å²) < 4.78 is 40.9. The van der Waals surface area contributed by atoms with Crippen LogP contribution in [0.25, 0.3) is 0 Å². The van der Waals surface area contributed by atoms with Gasteiger partial charge in [-0.1, -0.05) is 12.1 Å². The van der Waals surface area contributed by atoms with Gasteiger partial charge in [-0.25, -0.2) is 17.1 Å². The van der Waals surface area contributed by atoms with Gasteiger partial charge in [0.05, 0.1) is 11.2 Å². The van der Waals surface area contributed by atoms with Gasteiger partial charge in [-0.05, 0) is 44.4 Å². The van der Waals surface area contributed by atoms with Crippen molar-refractivity contribution in [1.29, 1.82) is 0 Å². The fourth-order valence-corrected chi connectivity index (χ4v) is 6.71. The first-order valence-corrected chi connectivity index (χ1v) is 12.1. The van der Waals surface area contributed by atoms with Gasteiger partial charge in [-0.2, -0.15) is 0 Å². The van der Waals surface area contributed by atoms with Gasteiger partial charge in [-0.15, -0.1) is 0 Å². The van der Waals surface area contributed by atoms with E-state index in [4.69, 9.17) is 0 Å². The zero-order chi connectivity index (χ0) is 20.8. The van der Waals surface area contributed by atoms with Crippen molar-refractivity contribution in [3.8, 4) is 0 Å². The summed E-state index contributed by atoms with van der Waals surface area (Å²) in [5.74, 6) is -0.406. The smallest absolute Gasteiger partial charge is 0.231 e. The first-order chi connectivity index (χ1) is 13.7. The summed E-state index contributed by atoms with van der Waals surface area (Å²) in [6.07, 6.45) is 2.04. The Bertz CT molecular complexity index is 868. The molecule has 0 unspecified atom stereocenters. The van der Waals surface area contributed by atoms with Crippen molar-refractivity contribution >= 4 is 15.9 Å². The molecule has 2 atom stereocenters. The molecule has 3 aliphatic heterocycles. The van der Waals surface area contributed by atoms with Gasteiger partial charge >= 0.3 is 0 Å². The third-order valence-electron chi connectivity index (χ3n) is 6.81. The summed E-state index contributed by atoms with van der Waals surface area (Å²) in [5.41, 5.74) is -0.0861. The molecule has 0 bridgehead atoms. The van der Waals surface area contributed by atoms with Gasteiger partial charge in [0.1, 0.15) is 5.82 Å². The predicted molar refractivity (Wildman–Crippen MR) is 109 cm³/mol. The van der Waals surface area contributed by atoms with Crippen LogP contribution < -0.4 is 0 Å². The van der Waals surface area contributed by atoms with Crippen LogP contribution in [0.3, 0.4) is 0 Å². The van der Waals surface area contributed by atoms with Crippen LogP contribution in [0.5, 0.6) is 0 Å². The maximum Gasteiger partial charge on any atom is 0.231 e. The summed E-state index contributed by atoms with van der Waals surface area (Å²) in [6, 6.07) is 5.91. The Morgan fingerprint density at radius 2 is 1.79 bits per heavy atom. The maximum atomic E-state index is 13.5. The highest BCUT2D eigenvalue weighted by molar-refractivity contribution is 7.88. The number of hydrogen-bond donors (Lipinski definition) is 0. The molecule has 1 aromatic carbocycles. The quantitative estimate of drug-likeness (QED) is 0.726. The average molecular weight is 424 g/mol. The van der Waals surface area contributed by atoms with Crippen molar-refractivity contribution in [1.82, 2.24) is 14.1 Å². The third kappa shape index (κ3) is 3.82. The Balaban J connectivity index is 1.57. The molecule has 1 amide bonds. The molecule has 3 heterocycles. The minimum Gasteiger partial charge on any atom is -0.342 e. The van der Waals surface area contributed by atoms with E-state index in [1.54, 1.807) is 0 Å². The highest BCUT2D eigenvalue weighted by atomic mass is 32.2. The highest BCUT2D eigenvalue weighted by Gasteiger charge is 2.60. The molecule has 4 rings (SSSR count). The molecular weight excluding hydrogens is 393 g/mol. The number of nitrogens with zero attached hydrogens (tertiary/aromatic N) is 3. The van der Waals surface area contributed by atoms with Gasteiger partial charge in [0.2, 0.25) is 15.9 Å². The Morgan fingerprint density at radius 1 is 1.14 bits per heavy atom. The molecule has 0 saturated carbocycles. The van der Waals surface area contributed by atoms with Crippen LogP contribution in [-0.2, 0) is 20.6 Å². The second kappa shape index (κ2) is 7.63. The van der Waals surface area contributed by atoms with Crippen molar-refractivity contribution < 1.29 is 17.6 Å². The zero-order valence-electron chi connectivity index (χ0n) is 17.2. The lowest BCUT2D eigenvalue weighted by molar-refractivity contribution is -0.141. The number of fused-ring (bicyclic) bond motifs is 1. The van der Waals surface area contributed by atoms with E-state index in [1.807, 2.05) is 4.90 Å². The molecule has 3 aliphatic rings. The molecular formula is C21H30FN3O3S. The summed E-state index contributed by atoms with van der Waals surface area (Å²) >= 11 is 0. The average Bonchev–Trinajstić information content (AvgIpc) is 3.37. The number of carbonyl (C=O) groups is 1. The number of rotatable bonds is 5. The molecule has 0 N–H and O–H groups in total. The van der Waals surface area contributed by atoms with Crippen LogP contribution in [-0.4, -0.2) is 73.7 Å². The molecule has 6 nitrogen and oxygen atoms in total. The van der Waals surface area contributed by atoms with Crippen LogP contribution in [0.1, 0.15) is 32.3 Å². The second-order valence-electron chi connectivity index (χ2n) is 9.05. The lowest BCUT2D eigenvalue weighted by atomic mass is 9.79. The van der Waals surface area contributed by atoms with Crippen molar-refractivity contribution in [2.45, 2.75) is 38.5 Å². The van der Waals surface area contributed by atoms with E-state index in [-0.39, 0.29) is 29.9 Å².